The summed E-state index contributed by atoms with van der Waals surface area (Å²) in [5.74, 6) is 0.628. The Morgan fingerprint density at radius 2 is 1.94 bits per heavy atom. The number of hydrogen-bond acceptors (Lipinski definition) is 5. The maximum Gasteiger partial charge on any atom is 0.279 e. The average Bonchev–Trinajstić information content (AvgIpc) is 3.22. The van der Waals surface area contributed by atoms with Crippen molar-refractivity contribution in [2.45, 2.75) is 39.7 Å². The van der Waals surface area contributed by atoms with E-state index in [0.717, 1.165) is 11.1 Å². The summed E-state index contributed by atoms with van der Waals surface area (Å²) in [6, 6.07) is 10.7. The molecule has 0 bridgehead atoms. The van der Waals surface area contributed by atoms with E-state index in [0.29, 0.717) is 33.0 Å². The molecule has 168 valence electrons. The number of ether oxygens (including phenoxy) is 1. The van der Waals surface area contributed by atoms with E-state index >= 15 is 0 Å². The van der Waals surface area contributed by atoms with Crippen LogP contribution in [0.1, 0.15) is 30.4 Å². The van der Waals surface area contributed by atoms with Gasteiger partial charge in [-0.15, -0.1) is 0 Å². The molecule has 0 saturated heterocycles. The van der Waals surface area contributed by atoms with Gasteiger partial charge in [-0.1, -0.05) is 35.3 Å². The Hall–Kier alpha value is -3.03. The van der Waals surface area contributed by atoms with Gasteiger partial charge in [-0.2, -0.15) is 0 Å². The molecule has 0 radical (unpaired) electrons. The first kappa shape index (κ1) is 23.6. The number of rotatable bonds is 7. The smallest absolute Gasteiger partial charge is 0.279 e. The third kappa shape index (κ3) is 6.02. The summed E-state index contributed by atoms with van der Waals surface area (Å²) in [6.07, 6.45) is 1.08. The SMILES string of the molecule is Cc1cccc(OC(C)C(=O)NNC(=O)CCc2ncc(-c3ccc(Cl)cc3Cl)o2)c1C. The molecule has 0 aliphatic rings. The Labute approximate surface area is 196 Å². The van der Waals surface area contributed by atoms with E-state index in [-0.39, 0.29) is 18.7 Å². The van der Waals surface area contributed by atoms with Gasteiger partial charge in [0.1, 0.15) is 5.75 Å². The number of halogens is 2. The van der Waals surface area contributed by atoms with Crippen LogP contribution in [0.4, 0.5) is 0 Å². The lowest BCUT2D eigenvalue weighted by Crippen LogP contribution is -2.47. The summed E-state index contributed by atoms with van der Waals surface area (Å²) in [5.41, 5.74) is 7.43. The maximum absolute atomic E-state index is 12.2. The van der Waals surface area contributed by atoms with Crippen LogP contribution in [0.2, 0.25) is 10.0 Å². The number of carbonyl (C=O) groups is 2. The van der Waals surface area contributed by atoms with Crippen molar-refractivity contribution in [2.75, 3.05) is 0 Å². The molecule has 1 atom stereocenters. The van der Waals surface area contributed by atoms with Gasteiger partial charge in [0, 0.05) is 23.4 Å². The molecule has 2 amide bonds. The number of hydrogen-bond donors (Lipinski definition) is 2. The van der Waals surface area contributed by atoms with Gasteiger partial charge in [0.15, 0.2) is 17.8 Å². The summed E-state index contributed by atoms with van der Waals surface area (Å²) < 4.78 is 11.4. The number of nitrogens with one attached hydrogen (secondary N) is 2. The zero-order valence-electron chi connectivity index (χ0n) is 17.9. The van der Waals surface area contributed by atoms with Gasteiger partial charge in [0.25, 0.3) is 5.91 Å². The summed E-state index contributed by atoms with van der Waals surface area (Å²) in [5, 5.41) is 0.962. The zero-order valence-corrected chi connectivity index (χ0v) is 19.4. The van der Waals surface area contributed by atoms with Crippen LogP contribution < -0.4 is 15.6 Å². The molecule has 0 spiro atoms. The normalized spacial score (nSPS) is 11.7. The zero-order chi connectivity index (χ0) is 23.3. The highest BCUT2D eigenvalue weighted by Gasteiger charge is 2.17. The number of carbonyl (C=O) groups excluding carboxylic acids is 2. The summed E-state index contributed by atoms with van der Waals surface area (Å²) in [4.78, 5) is 28.5. The van der Waals surface area contributed by atoms with Gasteiger partial charge < -0.3 is 9.15 Å². The predicted octanol–water partition coefficient (Wildman–Crippen LogP) is 4.81. The van der Waals surface area contributed by atoms with Crippen LogP contribution in [-0.4, -0.2) is 22.9 Å². The first-order valence-corrected chi connectivity index (χ1v) is 10.7. The standard InChI is InChI=1S/C23H23Cl2N3O4/c1-13-5-4-6-19(14(13)2)31-15(3)23(30)28-27-21(29)9-10-22-26-12-20(32-22)17-8-7-16(24)11-18(17)25/h4-8,11-12,15H,9-10H2,1-3H3,(H,27,29)(H,28,30). The molecular weight excluding hydrogens is 453 g/mol. The van der Waals surface area contributed by atoms with E-state index in [9.17, 15) is 9.59 Å². The van der Waals surface area contributed by atoms with Gasteiger partial charge >= 0.3 is 0 Å². The van der Waals surface area contributed by atoms with Crippen molar-refractivity contribution >= 4 is 35.0 Å². The number of aromatic nitrogens is 1. The third-order valence-corrected chi connectivity index (χ3v) is 5.42. The fraction of sp³-hybridized carbons (Fsp3) is 0.261. The summed E-state index contributed by atoms with van der Waals surface area (Å²) >= 11 is 12.1. The summed E-state index contributed by atoms with van der Waals surface area (Å²) in [6.45, 7) is 5.50. The molecule has 1 unspecified atom stereocenters. The average molecular weight is 476 g/mol. The number of oxazole rings is 1. The molecule has 0 fully saturated rings. The number of benzene rings is 2. The van der Waals surface area contributed by atoms with Crippen LogP contribution in [0.5, 0.6) is 5.75 Å². The molecular formula is C23H23Cl2N3O4. The van der Waals surface area contributed by atoms with Gasteiger partial charge in [-0.05, 0) is 56.2 Å². The lowest BCUT2D eigenvalue weighted by molar-refractivity contribution is -0.132. The summed E-state index contributed by atoms with van der Waals surface area (Å²) in [7, 11) is 0. The largest absolute Gasteiger partial charge is 0.481 e. The van der Waals surface area contributed by atoms with E-state index in [1.807, 2.05) is 26.0 Å². The molecule has 0 aliphatic heterocycles. The molecule has 1 heterocycles. The van der Waals surface area contributed by atoms with E-state index < -0.39 is 12.0 Å². The van der Waals surface area contributed by atoms with Crippen molar-refractivity contribution in [2.24, 2.45) is 0 Å². The number of aryl methyl sites for hydroxylation is 2. The molecule has 7 nitrogen and oxygen atoms in total. The second-order valence-electron chi connectivity index (χ2n) is 7.24. The van der Waals surface area contributed by atoms with E-state index in [1.165, 1.54) is 6.20 Å². The van der Waals surface area contributed by atoms with Crippen LogP contribution in [-0.2, 0) is 16.0 Å². The lowest BCUT2D eigenvalue weighted by atomic mass is 10.1. The van der Waals surface area contributed by atoms with Gasteiger partial charge in [-0.25, -0.2) is 4.98 Å². The molecule has 1 aromatic heterocycles. The minimum atomic E-state index is -0.783. The highest BCUT2D eigenvalue weighted by atomic mass is 35.5. The van der Waals surface area contributed by atoms with Crippen molar-refractivity contribution in [1.82, 2.24) is 15.8 Å². The van der Waals surface area contributed by atoms with E-state index in [4.69, 9.17) is 32.4 Å². The molecule has 2 N–H and O–H groups in total. The van der Waals surface area contributed by atoms with Crippen LogP contribution in [0.25, 0.3) is 11.3 Å². The van der Waals surface area contributed by atoms with E-state index in [2.05, 4.69) is 15.8 Å². The molecule has 3 rings (SSSR count). The molecule has 0 saturated carbocycles. The predicted molar refractivity (Wildman–Crippen MR) is 123 cm³/mol. The topological polar surface area (TPSA) is 93.5 Å². The van der Waals surface area contributed by atoms with Crippen LogP contribution in [0.15, 0.2) is 47.0 Å². The second-order valence-corrected chi connectivity index (χ2v) is 8.08. The fourth-order valence-electron chi connectivity index (χ4n) is 2.85. The monoisotopic (exact) mass is 475 g/mol. The van der Waals surface area contributed by atoms with Crippen LogP contribution >= 0.6 is 23.2 Å². The lowest BCUT2D eigenvalue weighted by Gasteiger charge is -2.17. The number of nitrogens with zero attached hydrogens (tertiary/aromatic N) is 1. The highest BCUT2D eigenvalue weighted by Crippen LogP contribution is 2.30. The van der Waals surface area contributed by atoms with E-state index in [1.54, 1.807) is 31.2 Å². The van der Waals surface area contributed by atoms with Crippen molar-refractivity contribution in [3.63, 3.8) is 0 Å². The Bertz CT molecular complexity index is 1130. The maximum atomic E-state index is 12.2. The fourth-order valence-corrected chi connectivity index (χ4v) is 3.35. The third-order valence-electron chi connectivity index (χ3n) is 4.87. The molecule has 2 aromatic carbocycles. The van der Waals surface area contributed by atoms with Gasteiger partial charge in [0.05, 0.1) is 11.2 Å². The highest BCUT2D eigenvalue weighted by molar-refractivity contribution is 6.36. The van der Waals surface area contributed by atoms with Crippen LogP contribution in [0.3, 0.4) is 0 Å². The quantitative estimate of drug-likeness (QED) is 0.478. The Morgan fingerprint density at radius 3 is 2.69 bits per heavy atom. The minimum Gasteiger partial charge on any atom is -0.481 e. The van der Waals surface area contributed by atoms with Crippen molar-refractivity contribution < 1.29 is 18.7 Å². The van der Waals surface area contributed by atoms with Crippen LogP contribution in [0, 0.1) is 13.8 Å². The first-order valence-electron chi connectivity index (χ1n) is 9.96. The van der Waals surface area contributed by atoms with Gasteiger partial charge in [0.2, 0.25) is 5.91 Å². The Kier molecular flexibility index (Phi) is 7.77. The second kappa shape index (κ2) is 10.5. The van der Waals surface area contributed by atoms with Crippen molar-refractivity contribution in [3.05, 3.63) is 69.7 Å². The van der Waals surface area contributed by atoms with Crippen molar-refractivity contribution in [1.29, 1.82) is 0 Å². The first-order chi connectivity index (χ1) is 15.2. The molecule has 3 aromatic rings. The molecule has 32 heavy (non-hydrogen) atoms. The Balaban J connectivity index is 1.46. The Morgan fingerprint density at radius 1 is 1.16 bits per heavy atom. The number of hydrazine groups is 1. The molecule has 0 aliphatic carbocycles. The van der Waals surface area contributed by atoms with Gasteiger partial charge in [-0.3, -0.25) is 20.4 Å². The molecule has 9 heteroatoms. The minimum absolute atomic E-state index is 0.0702. The van der Waals surface area contributed by atoms with Crippen molar-refractivity contribution in [3.8, 4) is 17.1 Å². The number of amides is 2.